The highest BCUT2D eigenvalue weighted by Crippen LogP contribution is 2.53. The average Bonchev–Trinajstić information content (AvgIpc) is 3.03. The summed E-state index contributed by atoms with van der Waals surface area (Å²) in [4.78, 5) is 39.5. The highest BCUT2D eigenvalue weighted by Gasteiger charge is 2.55. The number of methoxy groups -OCH3 is 1. The molecule has 0 N–H and O–H groups in total. The first-order valence-electron chi connectivity index (χ1n) is 10.1. The number of nitrogens with zero attached hydrogens (tertiary/aromatic N) is 1. The van der Waals surface area contributed by atoms with Gasteiger partial charge < -0.3 is 14.4 Å². The third kappa shape index (κ3) is 4.99. The average molecular weight is 398 g/mol. The van der Waals surface area contributed by atoms with Crippen LogP contribution < -0.4 is 0 Å². The quantitative estimate of drug-likeness (QED) is 0.488. The zero-order valence-electron chi connectivity index (χ0n) is 17.5. The van der Waals surface area contributed by atoms with E-state index in [9.17, 15) is 14.4 Å². The Labute approximate surface area is 164 Å². The molecule has 2 rings (SSSR count). The van der Waals surface area contributed by atoms with Crippen LogP contribution in [0.25, 0.3) is 0 Å². The Bertz CT molecular complexity index is 573. The fourth-order valence-corrected chi connectivity index (χ4v) is 7.90. The van der Waals surface area contributed by atoms with Gasteiger partial charge in [0.15, 0.2) is 0 Å². The molecule has 1 aliphatic heterocycles. The van der Waals surface area contributed by atoms with Gasteiger partial charge in [-0.25, -0.2) is 0 Å². The van der Waals surface area contributed by atoms with Crippen molar-refractivity contribution < 1.29 is 23.9 Å². The van der Waals surface area contributed by atoms with Crippen LogP contribution in [0.3, 0.4) is 0 Å². The third-order valence-corrected chi connectivity index (χ3v) is 9.12. The number of amides is 1. The number of ketones is 1. The molecule has 27 heavy (non-hydrogen) atoms. The monoisotopic (exact) mass is 397 g/mol. The molecule has 2 fully saturated rings. The molecule has 0 aromatic rings. The van der Waals surface area contributed by atoms with Crippen molar-refractivity contribution in [2.75, 3.05) is 26.9 Å². The zero-order valence-corrected chi connectivity index (χ0v) is 18.5. The second-order valence-electron chi connectivity index (χ2n) is 9.16. The van der Waals surface area contributed by atoms with Gasteiger partial charge in [0.1, 0.15) is 5.78 Å². The van der Waals surface area contributed by atoms with E-state index < -0.39 is 13.5 Å². The number of Topliss-reactive ketones (excluding diaryl/α,β-unsaturated/α-hetero) is 1. The standard InChI is InChI=1S/C20H35NO5Si/c1-15(22)26-12-10-20(9-8-17(23)13-18(20)27(3,4)5)19(24)21-11-6-7-16(21)14-25-2/h16,18H,6-14H2,1-5H3/t16-,18?,20+/m0/s1. The molecular weight excluding hydrogens is 362 g/mol. The molecule has 1 saturated carbocycles. The Morgan fingerprint density at radius 3 is 2.59 bits per heavy atom. The van der Waals surface area contributed by atoms with Crippen LogP contribution in [-0.2, 0) is 23.9 Å². The van der Waals surface area contributed by atoms with Crippen molar-refractivity contribution >= 4 is 25.7 Å². The van der Waals surface area contributed by atoms with Gasteiger partial charge in [-0.3, -0.25) is 14.4 Å². The maximum atomic E-state index is 13.9. The molecule has 2 aliphatic rings. The maximum Gasteiger partial charge on any atom is 0.302 e. The molecule has 7 heteroatoms. The Balaban J connectivity index is 2.37. The molecule has 0 spiro atoms. The van der Waals surface area contributed by atoms with Gasteiger partial charge >= 0.3 is 5.97 Å². The lowest BCUT2D eigenvalue weighted by Crippen LogP contribution is -2.56. The van der Waals surface area contributed by atoms with E-state index in [1.54, 1.807) is 7.11 Å². The number of rotatable bonds is 7. The first-order chi connectivity index (χ1) is 12.6. The van der Waals surface area contributed by atoms with Crippen LogP contribution in [-0.4, -0.2) is 63.5 Å². The molecule has 0 radical (unpaired) electrons. The molecule has 1 heterocycles. The highest BCUT2D eigenvalue weighted by atomic mass is 28.3. The Morgan fingerprint density at radius 1 is 1.30 bits per heavy atom. The first kappa shape index (κ1) is 22.1. The predicted octanol–water partition coefficient (Wildman–Crippen LogP) is 3.02. The fourth-order valence-electron chi connectivity index (χ4n) is 4.99. The Hall–Kier alpha value is -1.21. The third-order valence-electron chi connectivity index (χ3n) is 6.27. The van der Waals surface area contributed by atoms with E-state index in [2.05, 4.69) is 19.6 Å². The van der Waals surface area contributed by atoms with Gasteiger partial charge in [-0.15, -0.1) is 0 Å². The number of hydrogen-bond donors (Lipinski definition) is 0. The first-order valence-corrected chi connectivity index (χ1v) is 13.6. The maximum absolute atomic E-state index is 13.9. The van der Waals surface area contributed by atoms with E-state index in [1.165, 1.54) is 6.92 Å². The highest BCUT2D eigenvalue weighted by molar-refractivity contribution is 6.78. The molecule has 0 aromatic heterocycles. The van der Waals surface area contributed by atoms with Crippen molar-refractivity contribution in [3.05, 3.63) is 0 Å². The lowest BCUT2D eigenvalue weighted by atomic mass is 9.69. The Kier molecular flexibility index (Phi) is 7.25. The van der Waals surface area contributed by atoms with Crippen molar-refractivity contribution in [2.24, 2.45) is 5.41 Å². The molecule has 1 saturated heterocycles. The number of hydrogen-bond acceptors (Lipinski definition) is 5. The molecule has 0 aromatic carbocycles. The minimum atomic E-state index is -1.81. The molecule has 0 bridgehead atoms. The number of carbonyl (C=O) groups is 3. The normalized spacial score (nSPS) is 29.1. The zero-order chi connectivity index (χ0) is 20.2. The van der Waals surface area contributed by atoms with E-state index in [4.69, 9.17) is 9.47 Å². The molecular formula is C20H35NO5Si. The summed E-state index contributed by atoms with van der Waals surface area (Å²) in [5, 5.41) is 0. The summed E-state index contributed by atoms with van der Waals surface area (Å²) in [6.07, 6.45) is 3.92. The summed E-state index contributed by atoms with van der Waals surface area (Å²) in [6.45, 7) is 9.63. The van der Waals surface area contributed by atoms with E-state index in [-0.39, 0.29) is 35.8 Å². The van der Waals surface area contributed by atoms with Gasteiger partial charge in [-0.1, -0.05) is 19.6 Å². The number of carbonyl (C=O) groups excluding carboxylic acids is 3. The summed E-state index contributed by atoms with van der Waals surface area (Å²) in [6, 6.07) is 0.105. The van der Waals surface area contributed by atoms with Crippen LogP contribution in [0.5, 0.6) is 0 Å². The van der Waals surface area contributed by atoms with Crippen molar-refractivity contribution in [1.29, 1.82) is 0 Å². The van der Waals surface area contributed by atoms with Gasteiger partial charge in [0, 0.05) is 41.5 Å². The second kappa shape index (κ2) is 8.86. The molecule has 154 valence electrons. The van der Waals surface area contributed by atoms with Crippen LogP contribution in [0.1, 0.15) is 45.4 Å². The summed E-state index contributed by atoms with van der Waals surface area (Å²) >= 11 is 0. The number of esters is 1. The molecule has 1 aliphatic carbocycles. The van der Waals surface area contributed by atoms with E-state index in [0.29, 0.717) is 32.3 Å². The van der Waals surface area contributed by atoms with Crippen LogP contribution >= 0.6 is 0 Å². The Morgan fingerprint density at radius 2 is 2.00 bits per heavy atom. The summed E-state index contributed by atoms with van der Waals surface area (Å²) < 4.78 is 10.6. The molecule has 3 atom stereocenters. The van der Waals surface area contributed by atoms with E-state index in [0.717, 1.165) is 19.4 Å². The topological polar surface area (TPSA) is 72.9 Å². The van der Waals surface area contributed by atoms with Crippen LogP contribution in [0.2, 0.25) is 25.2 Å². The van der Waals surface area contributed by atoms with Crippen molar-refractivity contribution in [2.45, 2.75) is 76.7 Å². The minimum Gasteiger partial charge on any atom is -0.466 e. The molecule has 1 amide bonds. The lowest BCUT2D eigenvalue weighted by Gasteiger charge is -2.49. The van der Waals surface area contributed by atoms with Crippen molar-refractivity contribution in [3.8, 4) is 0 Å². The van der Waals surface area contributed by atoms with Gasteiger partial charge in [0.25, 0.3) is 0 Å². The summed E-state index contributed by atoms with van der Waals surface area (Å²) in [7, 11) is -0.137. The number of likely N-dealkylation sites (tertiary alicyclic amines) is 1. The molecule has 6 nitrogen and oxygen atoms in total. The van der Waals surface area contributed by atoms with Gasteiger partial charge in [-0.05, 0) is 31.2 Å². The van der Waals surface area contributed by atoms with E-state index >= 15 is 0 Å². The van der Waals surface area contributed by atoms with Gasteiger partial charge in [-0.2, -0.15) is 0 Å². The van der Waals surface area contributed by atoms with Crippen molar-refractivity contribution in [1.82, 2.24) is 4.90 Å². The largest absolute Gasteiger partial charge is 0.466 e. The minimum absolute atomic E-state index is 0.0677. The SMILES string of the molecule is COC[C@@H]1CCCN1C(=O)[C@@]1(CCOC(C)=O)CCC(=O)CC1[Si](C)(C)C. The molecule has 1 unspecified atom stereocenters. The van der Waals surface area contributed by atoms with Crippen LogP contribution in [0, 0.1) is 5.41 Å². The van der Waals surface area contributed by atoms with Crippen LogP contribution in [0.4, 0.5) is 0 Å². The summed E-state index contributed by atoms with van der Waals surface area (Å²) in [5.74, 6) is 0.0785. The summed E-state index contributed by atoms with van der Waals surface area (Å²) in [5.41, 5.74) is -0.539. The van der Waals surface area contributed by atoms with E-state index in [1.807, 2.05) is 4.90 Å². The lowest BCUT2D eigenvalue weighted by molar-refractivity contribution is -0.152. The van der Waals surface area contributed by atoms with Crippen LogP contribution in [0.15, 0.2) is 0 Å². The number of ether oxygens (including phenoxy) is 2. The predicted molar refractivity (Wildman–Crippen MR) is 106 cm³/mol. The van der Waals surface area contributed by atoms with Gasteiger partial charge in [0.05, 0.1) is 24.7 Å². The second-order valence-corrected chi connectivity index (χ2v) is 14.6. The van der Waals surface area contributed by atoms with Gasteiger partial charge in [0.2, 0.25) is 5.91 Å². The van der Waals surface area contributed by atoms with Crippen molar-refractivity contribution in [3.63, 3.8) is 0 Å². The smallest absolute Gasteiger partial charge is 0.302 e. The fraction of sp³-hybridized carbons (Fsp3) is 0.850.